The highest BCUT2D eigenvalue weighted by Gasteiger charge is 2.42. The molecule has 2 aromatic rings. The van der Waals surface area contributed by atoms with Crippen LogP contribution in [0.5, 0.6) is 5.75 Å². The molecule has 0 aromatic heterocycles. The highest BCUT2D eigenvalue weighted by molar-refractivity contribution is 7.98. The summed E-state index contributed by atoms with van der Waals surface area (Å²) in [5, 5.41) is 0.820. The molecule has 6 heteroatoms. The van der Waals surface area contributed by atoms with Gasteiger partial charge in [-0.1, -0.05) is 37.9 Å². The third-order valence-corrected chi connectivity index (χ3v) is 8.53. The summed E-state index contributed by atoms with van der Waals surface area (Å²) in [6, 6.07) is 12.8. The lowest BCUT2D eigenvalue weighted by Gasteiger charge is -2.42. The van der Waals surface area contributed by atoms with E-state index in [2.05, 4.69) is 40.0 Å². The van der Waals surface area contributed by atoms with Crippen LogP contribution in [0.4, 0.5) is 5.69 Å². The third-order valence-electron chi connectivity index (χ3n) is 7.51. The second kappa shape index (κ2) is 9.42. The van der Waals surface area contributed by atoms with E-state index < -0.39 is 0 Å². The highest BCUT2D eigenvalue weighted by Crippen LogP contribution is 2.46. The van der Waals surface area contributed by atoms with Crippen molar-refractivity contribution in [1.82, 2.24) is 4.72 Å². The molecule has 1 N–H and O–H groups in total. The topological polar surface area (TPSA) is 41.6 Å². The van der Waals surface area contributed by atoms with Gasteiger partial charge in [-0.2, -0.15) is 0 Å². The van der Waals surface area contributed by atoms with Crippen LogP contribution in [-0.4, -0.2) is 25.6 Å². The Hall–Kier alpha value is -1.85. The predicted octanol–water partition coefficient (Wildman–Crippen LogP) is 6.39. The summed E-state index contributed by atoms with van der Waals surface area (Å²) < 4.78 is 9.52. The SMILES string of the molecule is CC(C)C(=O)NSc1ccc2c(c1)N(CC1CCC1)CC1(CCCc3cc(Cl)ccc31)CO2. The van der Waals surface area contributed by atoms with Crippen molar-refractivity contribution >= 4 is 35.1 Å². The lowest BCUT2D eigenvalue weighted by molar-refractivity contribution is -0.122. The van der Waals surface area contributed by atoms with Crippen LogP contribution in [0.3, 0.4) is 0 Å². The summed E-state index contributed by atoms with van der Waals surface area (Å²) in [6.45, 7) is 6.53. The maximum absolute atomic E-state index is 12.1. The first-order valence-corrected chi connectivity index (χ1v) is 13.4. The molecule has 0 radical (unpaired) electrons. The minimum absolute atomic E-state index is 0.0277. The van der Waals surface area contributed by atoms with E-state index in [0.29, 0.717) is 6.61 Å². The fourth-order valence-corrected chi connectivity index (χ4v) is 6.33. The molecular weight excluding hydrogens is 452 g/mol. The van der Waals surface area contributed by atoms with Crippen LogP contribution in [0.1, 0.15) is 57.1 Å². The van der Waals surface area contributed by atoms with E-state index >= 15 is 0 Å². The molecule has 1 aliphatic heterocycles. The van der Waals surface area contributed by atoms with Gasteiger partial charge in [0.25, 0.3) is 0 Å². The number of anilines is 1. The van der Waals surface area contributed by atoms with Gasteiger partial charge in [0.2, 0.25) is 5.91 Å². The summed E-state index contributed by atoms with van der Waals surface area (Å²) in [5.74, 6) is 1.72. The van der Waals surface area contributed by atoms with Crippen LogP contribution in [0.15, 0.2) is 41.3 Å². The lowest BCUT2D eigenvalue weighted by Crippen LogP contribution is -2.47. The summed E-state index contributed by atoms with van der Waals surface area (Å²) in [6.07, 6.45) is 7.33. The van der Waals surface area contributed by atoms with E-state index in [1.54, 1.807) is 0 Å². The molecule has 0 saturated heterocycles. The smallest absolute Gasteiger partial charge is 0.232 e. The number of rotatable bonds is 5. The number of benzene rings is 2. The van der Waals surface area contributed by atoms with E-state index in [1.807, 2.05) is 19.9 Å². The Morgan fingerprint density at radius 3 is 2.85 bits per heavy atom. The number of halogens is 1. The molecule has 33 heavy (non-hydrogen) atoms. The molecule has 5 rings (SSSR count). The minimum Gasteiger partial charge on any atom is -0.490 e. The van der Waals surface area contributed by atoms with Gasteiger partial charge >= 0.3 is 0 Å². The van der Waals surface area contributed by atoms with Gasteiger partial charge in [0.1, 0.15) is 5.75 Å². The van der Waals surface area contributed by atoms with Crippen molar-refractivity contribution in [3.63, 3.8) is 0 Å². The van der Waals surface area contributed by atoms with Crippen LogP contribution >= 0.6 is 23.5 Å². The van der Waals surface area contributed by atoms with Crippen molar-refractivity contribution in [2.24, 2.45) is 11.8 Å². The fourth-order valence-electron chi connectivity index (χ4n) is 5.37. The van der Waals surface area contributed by atoms with E-state index in [9.17, 15) is 4.79 Å². The van der Waals surface area contributed by atoms with Gasteiger partial charge in [0.15, 0.2) is 0 Å². The maximum Gasteiger partial charge on any atom is 0.232 e. The fraction of sp³-hybridized carbons (Fsp3) is 0.519. The number of fused-ring (bicyclic) bond motifs is 3. The zero-order chi connectivity index (χ0) is 23.0. The number of hydrogen-bond acceptors (Lipinski definition) is 4. The second-order valence-electron chi connectivity index (χ2n) is 10.3. The van der Waals surface area contributed by atoms with Crippen molar-refractivity contribution < 1.29 is 9.53 Å². The normalized spacial score (nSPS) is 22.2. The molecule has 1 saturated carbocycles. The molecule has 1 unspecified atom stereocenters. The van der Waals surface area contributed by atoms with Crippen molar-refractivity contribution in [2.75, 3.05) is 24.6 Å². The predicted molar refractivity (Wildman–Crippen MR) is 136 cm³/mol. The number of nitrogens with zero attached hydrogens (tertiary/aromatic N) is 1. The first kappa shape index (κ1) is 22.9. The molecule has 1 heterocycles. The zero-order valence-corrected chi connectivity index (χ0v) is 21.1. The molecule has 1 atom stereocenters. The Balaban J connectivity index is 1.47. The van der Waals surface area contributed by atoms with Gasteiger partial charge in [-0.3, -0.25) is 9.52 Å². The monoisotopic (exact) mass is 484 g/mol. The first-order valence-electron chi connectivity index (χ1n) is 12.2. The van der Waals surface area contributed by atoms with E-state index in [0.717, 1.165) is 59.6 Å². The van der Waals surface area contributed by atoms with Gasteiger partial charge in [-0.15, -0.1) is 0 Å². The van der Waals surface area contributed by atoms with Crippen LogP contribution in [-0.2, 0) is 16.6 Å². The summed E-state index contributed by atoms with van der Waals surface area (Å²) in [5.41, 5.74) is 3.91. The first-order chi connectivity index (χ1) is 15.9. The Morgan fingerprint density at radius 2 is 2.09 bits per heavy atom. The van der Waals surface area contributed by atoms with Gasteiger partial charge < -0.3 is 9.64 Å². The van der Waals surface area contributed by atoms with Crippen LogP contribution in [0.25, 0.3) is 0 Å². The van der Waals surface area contributed by atoms with Crippen LogP contribution in [0, 0.1) is 11.8 Å². The number of carbonyl (C=O) groups is 1. The van der Waals surface area contributed by atoms with E-state index in [-0.39, 0.29) is 17.2 Å². The van der Waals surface area contributed by atoms with Crippen LogP contribution < -0.4 is 14.4 Å². The molecule has 2 aromatic carbocycles. The number of amides is 1. The molecular formula is C27H33ClN2O2S. The van der Waals surface area contributed by atoms with Gasteiger partial charge in [0, 0.05) is 34.3 Å². The molecule has 2 aliphatic carbocycles. The molecule has 3 aliphatic rings. The Morgan fingerprint density at radius 1 is 1.24 bits per heavy atom. The van der Waals surface area contributed by atoms with E-state index in [4.69, 9.17) is 16.3 Å². The van der Waals surface area contributed by atoms with Crippen molar-refractivity contribution in [2.45, 2.75) is 62.7 Å². The lowest BCUT2D eigenvalue weighted by atomic mass is 9.70. The van der Waals surface area contributed by atoms with Crippen molar-refractivity contribution in [3.05, 3.63) is 52.5 Å². The number of ether oxygens (including phenoxy) is 1. The number of carbonyl (C=O) groups excluding carboxylic acids is 1. The molecule has 0 bridgehead atoms. The molecule has 176 valence electrons. The number of hydrogen-bond donors (Lipinski definition) is 1. The summed E-state index contributed by atoms with van der Waals surface area (Å²) >= 11 is 7.75. The van der Waals surface area contributed by atoms with Gasteiger partial charge in [-0.05, 0) is 91.4 Å². The standard InChI is InChI=1S/C27H33ClN2O2S/c1-18(2)26(31)29-33-22-9-11-25-24(14-22)30(15-19-5-3-6-19)16-27(17-32-25)12-4-7-20-13-21(28)8-10-23(20)27/h8-11,13-14,18-19H,3-7,12,15-17H2,1-2H3,(H,29,31). The quantitative estimate of drug-likeness (QED) is 0.499. The van der Waals surface area contributed by atoms with Crippen LogP contribution in [0.2, 0.25) is 5.02 Å². The Kier molecular flexibility index (Phi) is 6.54. The Bertz CT molecular complexity index is 1040. The Labute approximate surface area is 206 Å². The maximum atomic E-state index is 12.1. The average molecular weight is 485 g/mol. The van der Waals surface area contributed by atoms with Crippen molar-refractivity contribution in [1.29, 1.82) is 0 Å². The zero-order valence-electron chi connectivity index (χ0n) is 19.5. The molecule has 1 spiro atoms. The third kappa shape index (κ3) is 4.72. The van der Waals surface area contributed by atoms with Gasteiger partial charge in [-0.25, -0.2) is 0 Å². The largest absolute Gasteiger partial charge is 0.490 e. The minimum atomic E-state index is -0.0310. The van der Waals surface area contributed by atoms with E-state index in [1.165, 1.54) is 42.3 Å². The molecule has 4 nitrogen and oxygen atoms in total. The summed E-state index contributed by atoms with van der Waals surface area (Å²) in [7, 11) is 0. The highest BCUT2D eigenvalue weighted by atomic mass is 35.5. The second-order valence-corrected chi connectivity index (χ2v) is 11.6. The van der Waals surface area contributed by atoms with Gasteiger partial charge in [0.05, 0.1) is 12.3 Å². The molecule has 1 amide bonds. The average Bonchev–Trinajstić information content (AvgIpc) is 2.92. The number of aryl methyl sites for hydroxylation is 1. The van der Waals surface area contributed by atoms with Crippen molar-refractivity contribution in [3.8, 4) is 5.75 Å². The summed E-state index contributed by atoms with van der Waals surface area (Å²) in [4.78, 5) is 15.7. The molecule has 1 fully saturated rings. The number of nitrogens with one attached hydrogen (secondary N) is 1.